The summed E-state index contributed by atoms with van der Waals surface area (Å²) in [6, 6.07) is 3.70. The maximum Gasteiger partial charge on any atom is 0.321 e. The van der Waals surface area contributed by atoms with Crippen molar-refractivity contribution < 1.29 is 32.4 Å². The molecule has 0 spiro atoms. The summed E-state index contributed by atoms with van der Waals surface area (Å²) >= 11 is 0. The summed E-state index contributed by atoms with van der Waals surface area (Å²) in [5.74, 6) is -0.128. The zero-order valence-corrected chi connectivity index (χ0v) is 22.0. The number of aromatic nitrogens is 1. The minimum atomic E-state index is -3.67. The predicted molar refractivity (Wildman–Crippen MR) is 134 cm³/mol. The lowest BCUT2D eigenvalue weighted by molar-refractivity contribution is 0.0373. The number of carbonyl (C=O) groups excluding carboxylic acids is 2. The molecule has 12 nitrogen and oxygen atoms in total. The van der Waals surface area contributed by atoms with E-state index < -0.39 is 34.1 Å². The largest absolute Gasteiger partial charge is 0.485 e. The van der Waals surface area contributed by atoms with Gasteiger partial charge in [-0.15, -0.1) is 0 Å². The Morgan fingerprint density at radius 1 is 1.36 bits per heavy atom. The third kappa shape index (κ3) is 6.08. The Bertz CT molecular complexity index is 1210. The number of rotatable bonds is 7. The highest BCUT2D eigenvalue weighted by molar-refractivity contribution is 7.92. The predicted octanol–water partition coefficient (Wildman–Crippen LogP) is 2.05. The van der Waals surface area contributed by atoms with E-state index in [1.165, 1.54) is 15.9 Å². The van der Waals surface area contributed by atoms with Crippen molar-refractivity contribution in [2.45, 2.75) is 39.8 Å². The lowest BCUT2D eigenvalue weighted by Gasteiger charge is -2.38. The monoisotopic (exact) mass is 523 g/mol. The molecule has 1 aromatic carbocycles. The van der Waals surface area contributed by atoms with Gasteiger partial charge in [0.05, 0.1) is 36.7 Å². The van der Waals surface area contributed by atoms with E-state index in [0.717, 1.165) is 6.26 Å². The first-order chi connectivity index (χ1) is 16.8. The summed E-state index contributed by atoms with van der Waals surface area (Å²) in [6.45, 7) is 7.13. The van der Waals surface area contributed by atoms with Crippen LogP contribution in [0.25, 0.3) is 0 Å². The van der Waals surface area contributed by atoms with Crippen LogP contribution in [0, 0.1) is 19.8 Å². The molecule has 0 unspecified atom stereocenters. The standard InChI is InChI=1S/C23H33N5O7S/c1-13-10-28(14(2)12-29)22(30)17-8-7-9-18(26-36(6,32)33)21(17)34-19(13)11-27(5)23(31)24-20-15(3)25-35-16(20)4/h7-9,13-14,19,26,29H,10-12H2,1-6H3,(H,24,31)/t13-,14-,19+/m1/s1. The Kier molecular flexibility index (Phi) is 8.14. The number of nitrogens with one attached hydrogen (secondary N) is 2. The molecule has 0 aliphatic carbocycles. The average Bonchev–Trinajstić information content (AvgIpc) is 3.12. The Hall–Kier alpha value is -3.32. The van der Waals surface area contributed by atoms with Crippen LogP contribution in [0.5, 0.6) is 5.75 Å². The molecule has 1 aliphatic heterocycles. The molecule has 36 heavy (non-hydrogen) atoms. The molecule has 0 saturated carbocycles. The summed E-state index contributed by atoms with van der Waals surface area (Å²) in [5.41, 5.74) is 1.30. The maximum atomic E-state index is 13.4. The molecule has 3 amide bonds. The zero-order valence-electron chi connectivity index (χ0n) is 21.2. The summed E-state index contributed by atoms with van der Waals surface area (Å²) in [7, 11) is -2.07. The molecular formula is C23H33N5O7S. The number of carbonyl (C=O) groups is 2. The number of aryl methyl sites for hydroxylation is 2. The van der Waals surface area contributed by atoms with Crippen molar-refractivity contribution in [3.05, 3.63) is 35.2 Å². The topological polar surface area (TPSA) is 154 Å². The number of ether oxygens (including phenoxy) is 1. The average molecular weight is 524 g/mol. The molecule has 3 N–H and O–H groups in total. The molecule has 3 atom stereocenters. The van der Waals surface area contributed by atoms with Crippen LogP contribution in [0.4, 0.5) is 16.2 Å². The molecule has 2 aromatic rings. The van der Waals surface area contributed by atoms with Crippen molar-refractivity contribution in [1.29, 1.82) is 0 Å². The molecule has 0 bridgehead atoms. The first-order valence-corrected chi connectivity index (χ1v) is 13.4. The molecule has 1 aromatic heterocycles. The van der Waals surface area contributed by atoms with Gasteiger partial charge >= 0.3 is 6.03 Å². The van der Waals surface area contributed by atoms with E-state index >= 15 is 0 Å². The number of aliphatic hydroxyl groups excluding tert-OH is 1. The van der Waals surface area contributed by atoms with Crippen LogP contribution in [0.15, 0.2) is 22.7 Å². The Morgan fingerprint density at radius 2 is 2.06 bits per heavy atom. The van der Waals surface area contributed by atoms with E-state index in [2.05, 4.69) is 15.2 Å². The van der Waals surface area contributed by atoms with Gasteiger partial charge in [-0.3, -0.25) is 9.52 Å². The summed E-state index contributed by atoms with van der Waals surface area (Å²) < 4.78 is 37.8. The Labute approximate surface area is 210 Å². The number of likely N-dealkylation sites (N-methyl/N-ethyl adjacent to an activating group) is 1. The number of para-hydroxylation sites is 1. The molecule has 3 rings (SSSR count). The first-order valence-electron chi connectivity index (χ1n) is 11.5. The number of fused-ring (bicyclic) bond motifs is 1. The SMILES string of the molecule is Cc1noc(C)c1NC(=O)N(C)C[C@@H]1Oc2c(NS(C)(=O)=O)cccc2C(=O)N([C@H](C)CO)C[C@H]1C. The van der Waals surface area contributed by atoms with Gasteiger partial charge in [-0.25, -0.2) is 13.2 Å². The minimum Gasteiger partial charge on any atom is -0.485 e. The number of hydrogen-bond acceptors (Lipinski definition) is 8. The van der Waals surface area contributed by atoms with Crippen LogP contribution in [-0.2, 0) is 10.0 Å². The molecule has 13 heteroatoms. The highest BCUT2D eigenvalue weighted by Gasteiger charge is 2.35. The third-order valence-corrected chi connectivity index (χ3v) is 6.64. The zero-order chi connectivity index (χ0) is 26.8. The van der Waals surface area contributed by atoms with Crippen LogP contribution < -0.4 is 14.8 Å². The third-order valence-electron chi connectivity index (χ3n) is 6.05. The molecule has 198 valence electrons. The normalized spacial score (nSPS) is 19.0. The molecule has 0 radical (unpaired) electrons. The summed E-state index contributed by atoms with van der Waals surface area (Å²) in [6.07, 6.45) is 0.387. The van der Waals surface area contributed by atoms with Crippen molar-refractivity contribution >= 4 is 33.3 Å². The van der Waals surface area contributed by atoms with Crippen LogP contribution in [0.1, 0.15) is 35.7 Å². The summed E-state index contributed by atoms with van der Waals surface area (Å²) in [5, 5.41) is 16.4. The van der Waals surface area contributed by atoms with Gasteiger partial charge in [0, 0.05) is 19.5 Å². The number of anilines is 2. The first kappa shape index (κ1) is 27.3. The fraction of sp³-hybridized carbons (Fsp3) is 0.522. The maximum absolute atomic E-state index is 13.4. The van der Waals surface area contributed by atoms with Crippen molar-refractivity contribution in [3.8, 4) is 5.75 Å². The van der Waals surface area contributed by atoms with Crippen molar-refractivity contribution in [2.75, 3.05) is 43.0 Å². The van der Waals surface area contributed by atoms with Crippen molar-refractivity contribution in [1.82, 2.24) is 15.0 Å². The van der Waals surface area contributed by atoms with Crippen LogP contribution in [0.2, 0.25) is 0 Å². The van der Waals surface area contributed by atoms with E-state index in [4.69, 9.17) is 9.26 Å². The van der Waals surface area contributed by atoms with Crippen LogP contribution in [-0.4, -0.2) is 85.6 Å². The van der Waals surface area contributed by atoms with Gasteiger partial charge in [0.1, 0.15) is 17.5 Å². The van der Waals surface area contributed by atoms with Gasteiger partial charge in [0.2, 0.25) is 10.0 Å². The molecule has 0 saturated heterocycles. The van der Waals surface area contributed by atoms with Crippen molar-refractivity contribution in [2.24, 2.45) is 5.92 Å². The van der Waals surface area contributed by atoms with Crippen LogP contribution >= 0.6 is 0 Å². The van der Waals surface area contributed by atoms with Gasteiger partial charge in [-0.05, 0) is 32.9 Å². The Morgan fingerprint density at radius 3 is 2.64 bits per heavy atom. The number of aliphatic hydroxyl groups is 1. The molecule has 1 aliphatic rings. The fourth-order valence-corrected chi connectivity index (χ4v) is 4.52. The Balaban J connectivity index is 1.96. The smallest absolute Gasteiger partial charge is 0.321 e. The number of hydrogen-bond donors (Lipinski definition) is 3. The van der Waals surface area contributed by atoms with Gasteiger partial charge in [0.25, 0.3) is 5.91 Å². The molecule has 0 fully saturated rings. The van der Waals surface area contributed by atoms with E-state index in [-0.39, 0.29) is 42.6 Å². The fourth-order valence-electron chi connectivity index (χ4n) is 3.96. The van der Waals surface area contributed by atoms with E-state index in [9.17, 15) is 23.1 Å². The van der Waals surface area contributed by atoms with E-state index in [1.807, 2.05) is 6.92 Å². The second-order valence-corrected chi connectivity index (χ2v) is 10.9. The van der Waals surface area contributed by atoms with Gasteiger partial charge < -0.3 is 29.5 Å². The highest BCUT2D eigenvalue weighted by atomic mass is 32.2. The number of sulfonamides is 1. The second kappa shape index (κ2) is 10.7. The number of amides is 3. The number of benzene rings is 1. The van der Waals surface area contributed by atoms with E-state index in [0.29, 0.717) is 17.1 Å². The minimum absolute atomic E-state index is 0.0687. The molecule has 2 heterocycles. The van der Waals surface area contributed by atoms with Gasteiger partial charge in [-0.2, -0.15) is 0 Å². The lowest BCUT2D eigenvalue weighted by Crippen LogP contribution is -2.50. The summed E-state index contributed by atoms with van der Waals surface area (Å²) in [4.78, 5) is 29.3. The molecular weight excluding hydrogens is 490 g/mol. The van der Waals surface area contributed by atoms with Crippen molar-refractivity contribution in [3.63, 3.8) is 0 Å². The second-order valence-electron chi connectivity index (χ2n) is 9.19. The highest BCUT2D eigenvalue weighted by Crippen LogP contribution is 2.35. The van der Waals surface area contributed by atoms with Crippen LogP contribution in [0.3, 0.4) is 0 Å². The number of nitrogens with zero attached hydrogens (tertiary/aromatic N) is 3. The van der Waals surface area contributed by atoms with Gasteiger partial charge in [0.15, 0.2) is 11.5 Å². The van der Waals surface area contributed by atoms with E-state index in [1.54, 1.807) is 40.0 Å². The number of urea groups is 1. The lowest BCUT2D eigenvalue weighted by atomic mass is 9.99. The quantitative estimate of drug-likeness (QED) is 0.498. The van der Waals surface area contributed by atoms with Gasteiger partial charge in [-0.1, -0.05) is 18.1 Å².